The number of rotatable bonds is 5. The van der Waals surface area contributed by atoms with Crippen LogP contribution in [0.25, 0.3) is 0 Å². The van der Waals surface area contributed by atoms with E-state index >= 15 is 0 Å². The molecule has 1 aromatic rings. The summed E-state index contributed by atoms with van der Waals surface area (Å²) in [5.74, 6) is 0.443. The average molecular weight is 260 g/mol. The zero-order chi connectivity index (χ0) is 11.6. The van der Waals surface area contributed by atoms with Gasteiger partial charge in [0.05, 0.1) is 5.75 Å². The smallest absolute Gasteiger partial charge is 0.212 e. The summed E-state index contributed by atoms with van der Waals surface area (Å²) in [6, 6.07) is 7.53. The Morgan fingerprint density at radius 2 is 2.00 bits per heavy atom. The van der Waals surface area contributed by atoms with Crippen molar-refractivity contribution in [1.29, 1.82) is 0 Å². The topological polar surface area (TPSA) is 46.2 Å². The summed E-state index contributed by atoms with van der Waals surface area (Å²) < 4.78 is 26.1. The molecule has 1 aliphatic rings. The van der Waals surface area contributed by atoms with Crippen LogP contribution in [-0.2, 0) is 21.7 Å². The van der Waals surface area contributed by atoms with Gasteiger partial charge in [-0.3, -0.25) is 0 Å². The first-order valence-electron chi connectivity index (χ1n) is 5.23. The van der Waals surface area contributed by atoms with Gasteiger partial charge in [0.1, 0.15) is 0 Å². The fraction of sp³-hybridized carbons (Fsp3) is 0.455. The van der Waals surface area contributed by atoms with Crippen LogP contribution in [0.4, 0.5) is 0 Å². The summed E-state index contributed by atoms with van der Waals surface area (Å²) in [7, 11) is -3.19. The van der Waals surface area contributed by atoms with E-state index in [1.807, 2.05) is 24.3 Å². The zero-order valence-corrected chi connectivity index (χ0v) is 10.4. The second-order valence-corrected chi connectivity index (χ2v) is 6.13. The lowest BCUT2D eigenvalue weighted by atomic mass is 10.2. The molecule has 1 fully saturated rings. The fourth-order valence-corrected chi connectivity index (χ4v) is 3.13. The van der Waals surface area contributed by atoms with Crippen LogP contribution in [-0.4, -0.2) is 14.5 Å². The molecule has 0 aliphatic heterocycles. The van der Waals surface area contributed by atoms with Gasteiger partial charge in [0.2, 0.25) is 10.0 Å². The van der Waals surface area contributed by atoms with Gasteiger partial charge in [-0.05, 0) is 24.0 Å². The Morgan fingerprint density at radius 3 is 2.62 bits per heavy atom. The highest BCUT2D eigenvalue weighted by atomic mass is 35.5. The molecule has 16 heavy (non-hydrogen) atoms. The van der Waals surface area contributed by atoms with E-state index in [9.17, 15) is 8.42 Å². The molecule has 88 valence electrons. The standard InChI is InChI=1S/C11H14ClNO2S/c12-7-9-2-1-3-10(6-9)8-16(14,15)13-11-4-5-11/h1-3,6,11,13H,4-5,7-8H2. The molecule has 0 saturated heterocycles. The Bertz CT molecular complexity index is 469. The summed E-state index contributed by atoms with van der Waals surface area (Å²) in [5, 5.41) is 0. The average Bonchev–Trinajstić information content (AvgIpc) is 3.00. The largest absolute Gasteiger partial charge is 0.216 e. The Balaban J connectivity index is 2.06. The first kappa shape index (κ1) is 11.9. The predicted octanol–water partition coefficient (Wildman–Crippen LogP) is 2.01. The molecule has 0 bridgehead atoms. The lowest BCUT2D eigenvalue weighted by molar-refractivity contribution is 0.580. The van der Waals surface area contributed by atoms with Crippen molar-refractivity contribution in [2.45, 2.75) is 30.5 Å². The normalized spacial score (nSPS) is 16.3. The van der Waals surface area contributed by atoms with Gasteiger partial charge in [0.25, 0.3) is 0 Å². The minimum absolute atomic E-state index is 0.0359. The molecule has 2 rings (SSSR count). The maximum Gasteiger partial charge on any atom is 0.216 e. The zero-order valence-electron chi connectivity index (χ0n) is 8.82. The number of alkyl halides is 1. The molecular formula is C11H14ClNO2S. The van der Waals surface area contributed by atoms with Gasteiger partial charge in [0, 0.05) is 11.9 Å². The number of sulfonamides is 1. The van der Waals surface area contributed by atoms with Crippen LogP contribution in [0.15, 0.2) is 24.3 Å². The van der Waals surface area contributed by atoms with Gasteiger partial charge in [0.15, 0.2) is 0 Å². The van der Waals surface area contributed by atoms with E-state index in [0.717, 1.165) is 24.0 Å². The lowest BCUT2D eigenvalue weighted by Gasteiger charge is -2.06. The van der Waals surface area contributed by atoms with Crippen molar-refractivity contribution in [2.24, 2.45) is 0 Å². The van der Waals surface area contributed by atoms with Crippen LogP contribution in [0, 0.1) is 0 Å². The van der Waals surface area contributed by atoms with Crippen LogP contribution in [0.2, 0.25) is 0 Å². The van der Waals surface area contributed by atoms with Crippen molar-refractivity contribution in [1.82, 2.24) is 4.72 Å². The summed E-state index contributed by atoms with van der Waals surface area (Å²) in [5.41, 5.74) is 1.73. The number of halogens is 1. The van der Waals surface area contributed by atoms with E-state index in [0.29, 0.717) is 5.88 Å². The molecule has 1 aliphatic carbocycles. The van der Waals surface area contributed by atoms with Gasteiger partial charge >= 0.3 is 0 Å². The number of nitrogens with one attached hydrogen (secondary N) is 1. The Hall–Kier alpha value is -0.580. The third kappa shape index (κ3) is 3.47. The highest BCUT2D eigenvalue weighted by molar-refractivity contribution is 7.88. The molecule has 1 N–H and O–H groups in total. The van der Waals surface area contributed by atoms with E-state index in [-0.39, 0.29) is 11.8 Å². The van der Waals surface area contributed by atoms with E-state index in [1.54, 1.807) is 0 Å². The molecule has 1 saturated carbocycles. The predicted molar refractivity (Wildman–Crippen MR) is 64.8 cm³/mol. The van der Waals surface area contributed by atoms with Gasteiger partial charge in [-0.25, -0.2) is 13.1 Å². The maximum absolute atomic E-state index is 11.7. The SMILES string of the molecule is O=S(=O)(Cc1cccc(CCl)c1)NC1CC1. The molecule has 0 heterocycles. The van der Waals surface area contributed by atoms with E-state index in [1.165, 1.54) is 0 Å². The molecular weight excluding hydrogens is 246 g/mol. The van der Waals surface area contributed by atoms with Gasteiger partial charge in [-0.1, -0.05) is 24.3 Å². The molecule has 0 radical (unpaired) electrons. The van der Waals surface area contributed by atoms with Crippen molar-refractivity contribution < 1.29 is 8.42 Å². The van der Waals surface area contributed by atoms with Crippen molar-refractivity contribution in [3.63, 3.8) is 0 Å². The number of benzene rings is 1. The molecule has 3 nitrogen and oxygen atoms in total. The Labute approximate surface area is 101 Å². The first-order chi connectivity index (χ1) is 7.59. The quantitative estimate of drug-likeness (QED) is 0.823. The highest BCUT2D eigenvalue weighted by Crippen LogP contribution is 2.21. The van der Waals surface area contributed by atoms with Crippen LogP contribution in [0.3, 0.4) is 0 Å². The van der Waals surface area contributed by atoms with Crippen LogP contribution >= 0.6 is 11.6 Å². The molecule has 0 amide bonds. The van der Waals surface area contributed by atoms with Crippen LogP contribution in [0.5, 0.6) is 0 Å². The second-order valence-electron chi connectivity index (χ2n) is 4.10. The highest BCUT2D eigenvalue weighted by Gasteiger charge is 2.26. The minimum atomic E-state index is -3.19. The van der Waals surface area contributed by atoms with Crippen molar-refractivity contribution in [3.8, 4) is 0 Å². The molecule has 1 aromatic carbocycles. The lowest BCUT2D eigenvalue weighted by Crippen LogP contribution is -2.27. The van der Waals surface area contributed by atoms with Crippen molar-refractivity contribution >= 4 is 21.6 Å². The minimum Gasteiger partial charge on any atom is -0.212 e. The van der Waals surface area contributed by atoms with Crippen molar-refractivity contribution in [3.05, 3.63) is 35.4 Å². The Morgan fingerprint density at radius 1 is 1.31 bits per heavy atom. The maximum atomic E-state index is 11.7. The van der Waals surface area contributed by atoms with Crippen molar-refractivity contribution in [2.75, 3.05) is 0 Å². The monoisotopic (exact) mass is 259 g/mol. The van der Waals surface area contributed by atoms with Gasteiger partial charge < -0.3 is 0 Å². The second kappa shape index (κ2) is 4.73. The third-order valence-electron chi connectivity index (χ3n) is 2.43. The molecule has 0 spiro atoms. The first-order valence-corrected chi connectivity index (χ1v) is 7.41. The third-order valence-corrected chi connectivity index (χ3v) is 4.14. The van der Waals surface area contributed by atoms with Crippen LogP contribution in [0.1, 0.15) is 24.0 Å². The summed E-state index contributed by atoms with van der Waals surface area (Å²) in [6.45, 7) is 0. The van der Waals surface area contributed by atoms with Crippen LogP contribution < -0.4 is 4.72 Å². The van der Waals surface area contributed by atoms with E-state index in [2.05, 4.69) is 4.72 Å². The van der Waals surface area contributed by atoms with E-state index < -0.39 is 10.0 Å². The molecule has 0 atom stereocenters. The summed E-state index contributed by atoms with van der Waals surface area (Å²) >= 11 is 5.70. The molecule has 5 heteroatoms. The Kier molecular flexibility index (Phi) is 3.52. The summed E-state index contributed by atoms with van der Waals surface area (Å²) in [6.07, 6.45) is 1.92. The number of hydrogen-bond donors (Lipinski definition) is 1. The fourth-order valence-electron chi connectivity index (χ4n) is 1.52. The summed E-state index contributed by atoms with van der Waals surface area (Å²) in [4.78, 5) is 0. The van der Waals surface area contributed by atoms with Gasteiger partial charge in [-0.15, -0.1) is 11.6 Å². The number of hydrogen-bond acceptors (Lipinski definition) is 2. The van der Waals surface area contributed by atoms with E-state index in [4.69, 9.17) is 11.6 Å². The van der Waals surface area contributed by atoms with Gasteiger partial charge in [-0.2, -0.15) is 0 Å². The molecule has 0 unspecified atom stereocenters. The molecule has 0 aromatic heterocycles.